The van der Waals surface area contributed by atoms with Crippen LogP contribution >= 0.6 is 11.6 Å². The molecule has 0 aliphatic heterocycles. The van der Waals surface area contributed by atoms with Gasteiger partial charge in [0.25, 0.3) is 0 Å². The summed E-state index contributed by atoms with van der Waals surface area (Å²) in [5.41, 5.74) is 4.78. The first-order valence-electron chi connectivity index (χ1n) is 10.2. The minimum absolute atomic E-state index is 0.0494. The lowest BCUT2D eigenvalue weighted by atomic mass is 9.81. The average Bonchev–Trinajstić information content (AvgIpc) is 3.12. The molecule has 3 nitrogen and oxygen atoms in total. The third-order valence-electron chi connectivity index (χ3n) is 5.59. The summed E-state index contributed by atoms with van der Waals surface area (Å²) in [4.78, 5) is 12.7. The Kier molecular flexibility index (Phi) is 5.63. The van der Waals surface area contributed by atoms with Crippen molar-refractivity contribution in [3.05, 3.63) is 106 Å². The molecule has 0 aliphatic carbocycles. The molecule has 3 aromatic carbocycles. The Morgan fingerprint density at radius 2 is 1.58 bits per heavy atom. The topological polar surface area (TPSA) is 39.4 Å². The molecule has 0 spiro atoms. The number of rotatable bonds is 4. The minimum atomic E-state index is -0.505. The van der Waals surface area contributed by atoms with Crippen molar-refractivity contribution in [3.63, 3.8) is 0 Å². The summed E-state index contributed by atoms with van der Waals surface area (Å²) in [5, 5.41) is 1.39. The summed E-state index contributed by atoms with van der Waals surface area (Å²) in [5.74, 6) is -0.521. The maximum Gasteiger partial charge on any atom is 0.374 e. The van der Waals surface area contributed by atoms with Gasteiger partial charge in [-0.3, -0.25) is 0 Å². The number of halogens is 1. The Labute approximate surface area is 187 Å². The summed E-state index contributed by atoms with van der Waals surface area (Å²) in [6, 6.07) is 24.1. The molecule has 0 amide bonds. The molecule has 0 saturated heterocycles. The molecule has 4 aromatic rings. The minimum Gasteiger partial charge on any atom is -0.463 e. The predicted molar refractivity (Wildman–Crippen MR) is 125 cm³/mol. The summed E-state index contributed by atoms with van der Waals surface area (Å²) < 4.78 is 11.0. The van der Waals surface area contributed by atoms with E-state index < -0.39 is 5.97 Å². The van der Waals surface area contributed by atoms with Gasteiger partial charge in [-0.25, -0.2) is 4.79 Å². The molecule has 0 bridgehead atoms. The molecular weight excluding hydrogens is 408 g/mol. The third kappa shape index (κ3) is 4.11. The van der Waals surface area contributed by atoms with Gasteiger partial charge in [0, 0.05) is 21.9 Å². The highest BCUT2D eigenvalue weighted by molar-refractivity contribution is 6.31. The first-order valence-corrected chi connectivity index (χ1v) is 10.6. The zero-order chi connectivity index (χ0) is 22.2. The quantitative estimate of drug-likeness (QED) is 0.316. The van der Waals surface area contributed by atoms with Crippen LogP contribution in [0.4, 0.5) is 0 Å². The second kappa shape index (κ2) is 8.24. The van der Waals surface area contributed by atoms with Crippen LogP contribution in [-0.4, -0.2) is 13.1 Å². The molecular formula is C27H25ClO3. The van der Waals surface area contributed by atoms with E-state index in [1.54, 1.807) is 12.1 Å². The first-order chi connectivity index (χ1) is 14.8. The number of carbonyl (C=O) groups excluding carboxylic acids is 1. The lowest BCUT2D eigenvalue weighted by Gasteiger charge is -2.22. The summed E-state index contributed by atoms with van der Waals surface area (Å²) in [6.45, 7) is 6.58. The second-order valence-corrected chi connectivity index (χ2v) is 9.13. The number of fused-ring (bicyclic) bond motifs is 1. The molecule has 158 valence electrons. The lowest BCUT2D eigenvalue weighted by Crippen LogP contribution is -2.12. The van der Waals surface area contributed by atoms with Crippen LogP contribution < -0.4 is 0 Å². The fraction of sp³-hybridized carbons (Fsp3) is 0.222. The van der Waals surface area contributed by atoms with E-state index in [1.165, 1.54) is 12.7 Å². The number of hydrogen-bond acceptors (Lipinski definition) is 3. The fourth-order valence-electron chi connectivity index (χ4n) is 3.97. The SMILES string of the molecule is COC(=O)c1oc2ccc(Cl)cc2c1C(c1ccccc1)c1ccc(C(C)(C)C)cc1. The first kappa shape index (κ1) is 21.2. The van der Waals surface area contributed by atoms with Gasteiger partial charge in [0.2, 0.25) is 5.76 Å². The van der Waals surface area contributed by atoms with E-state index in [0.717, 1.165) is 22.1 Å². The van der Waals surface area contributed by atoms with Gasteiger partial charge in [-0.15, -0.1) is 0 Å². The lowest BCUT2D eigenvalue weighted by molar-refractivity contribution is 0.0566. The van der Waals surface area contributed by atoms with E-state index in [4.69, 9.17) is 20.8 Å². The molecule has 1 atom stereocenters. The number of benzene rings is 3. The molecule has 0 saturated carbocycles. The number of hydrogen-bond donors (Lipinski definition) is 0. The third-order valence-corrected chi connectivity index (χ3v) is 5.83. The number of esters is 1. The fourth-order valence-corrected chi connectivity index (χ4v) is 4.14. The molecule has 1 heterocycles. The number of ether oxygens (including phenoxy) is 1. The van der Waals surface area contributed by atoms with Crippen LogP contribution in [0.1, 0.15) is 59.5 Å². The Balaban J connectivity index is 2.00. The van der Waals surface area contributed by atoms with Crippen molar-refractivity contribution < 1.29 is 13.9 Å². The van der Waals surface area contributed by atoms with Crippen LogP contribution in [-0.2, 0) is 10.2 Å². The van der Waals surface area contributed by atoms with Crippen molar-refractivity contribution >= 4 is 28.5 Å². The van der Waals surface area contributed by atoms with E-state index in [0.29, 0.717) is 10.6 Å². The number of carbonyl (C=O) groups is 1. The zero-order valence-corrected chi connectivity index (χ0v) is 18.9. The predicted octanol–water partition coefficient (Wildman–Crippen LogP) is 7.35. The molecule has 0 N–H and O–H groups in total. The standard InChI is InChI=1S/C27H25ClO3/c1-27(2,3)19-12-10-18(11-13-19)23(17-8-6-5-7-9-17)24-21-16-20(28)14-15-22(21)31-25(24)26(29)30-4/h5-16,23H,1-4H3. The maximum absolute atomic E-state index is 12.7. The van der Waals surface area contributed by atoms with Crippen molar-refractivity contribution in [2.24, 2.45) is 0 Å². The number of methoxy groups -OCH3 is 1. The molecule has 31 heavy (non-hydrogen) atoms. The van der Waals surface area contributed by atoms with Crippen molar-refractivity contribution in [2.75, 3.05) is 7.11 Å². The van der Waals surface area contributed by atoms with Crippen LogP contribution in [0.3, 0.4) is 0 Å². The van der Waals surface area contributed by atoms with Gasteiger partial charge in [-0.05, 0) is 40.3 Å². The Morgan fingerprint density at radius 3 is 2.19 bits per heavy atom. The molecule has 0 fully saturated rings. The smallest absolute Gasteiger partial charge is 0.374 e. The van der Waals surface area contributed by atoms with E-state index in [2.05, 4.69) is 57.2 Å². The van der Waals surface area contributed by atoms with Gasteiger partial charge < -0.3 is 9.15 Å². The van der Waals surface area contributed by atoms with Crippen LogP contribution in [0, 0.1) is 0 Å². The van der Waals surface area contributed by atoms with Gasteiger partial charge in [0.15, 0.2) is 0 Å². The summed E-state index contributed by atoms with van der Waals surface area (Å²) in [6.07, 6.45) is 0. The molecule has 1 aromatic heterocycles. The van der Waals surface area contributed by atoms with Crippen molar-refractivity contribution in [1.29, 1.82) is 0 Å². The Morgan fingerprint density at radius 1 is 0.935 bits per heavy atom. The van der Waals surface area contributed by atoms with Crippen LogP contribution in [0.15, 0.2) is 77.2 Å². The molecule has 0 aliphatic rings. The van der Waals surface area contributed by atoms with Crippen molar-refractivity contribution in [1.82, 2.24) is 0 Å². The van der Waals surface area contributed by atoms with E-state index >= 15 is 0 Å². The van der Waals surface area contributed by atoms with E-state index in [9.17, 15) is 4.79 Å². The van der Waals surface area contributed by atoms with Gasteiger partial charge in [0.05, 0.1) is 7.11 Å². The highest BCUT2D eigenvalue weighted by Gasteiger charge is 2.30. The van der Waals surface area contributed by atoms with Gasteiger partial charge in [-0.2, -0.15) is 0 Å². The monoisotopic (exact) mass is 432 g/mol. The van der Waals surface area contributed by atoms with Crippen molar-refractivity contribution in [2.45, 2.75) is 32.1 Å². The molecule has 4 rings (SSSR count). The molecule has 0 radical (unpaired) electrons. The summed E-state index contributed by atoms with van der Waals surface area (Å²) >= 11 is 6.32. The van der Waals surface area contributed by atoms with Gasteiger partial charge >= 0.3 is 5.97 Å². The van der Waals surface area contributed by atoms with Crippen molar-refractivity contribution in [3.8, 4) is 0 Å². The van der Waals surface area contributed by atoms with Crippen LogP contribution in [0.5, 0.6) is 0 Å². The molecule has 4 heteroatoms. The highest BCUT2D eigenvalue weighted by Crippen LogP contribution is 2.41. The Hall–Kier alpha value is -3.04. The normalized spacial score (nSPS) is 12.7. The Bertz CT molecular complexity index is 1220. The average molecular weight is 433 g/mol. The summed E-state index contributed by atoms with van der Waals surface area (Å²) in [7, 11) is 1.36. The largest absolute Gasteiger partial charge is 0.463 e. The second-order valence-electron chi connectivity index (χ2n) is 8.69. The van der Waals surface area contributed by atoms with Crippen LogP contribution in [0.25, 0.3) is 11.0 Å². The van der Waals surface area contributed by atoms with E-state index in [-0.39, 0.29) is 17.1 Å². The maximum atomic E-state index is 12.7. The number of furan rings is 1. The highest BCUT2D eigenvalue weighted by atomic mass is 35.5. The van der Waals surface area contributed by atoms with E-state index in [1.807, 2.05) is 24.3 Å². The van der Waals surface area contributed by atoms with Gasteiger partial charge in [-0.1, -0.05) is 87.0 Å². The zero-order valence-electron chi connectivity index (χ0n) is 18.1. The molecule has 1 unspecified atom stereocenters. The van der Waals surface area contributed by atoms with Crippen LogP contribution in [0.2, 0.25) is 5.02 Å². The van der Waals surface area contributed by atoms with Gasteiger partial charge in [0.1, 0.15) is 5.58 Å².